The molecule has 0 amide bonds. The summed E-state index contributed by atoms with van der Waals surface area (Å²) in [5.74, 6) is 1.53. The molecule has 12 nitrogen and oxygen atoms in total. The largest absolute Gasteiger partial charge is 0.494 e. The van der Waals surface area contributed by atoms with Crippen LogP contribution in [0.1, 0.15) is 39.5 Å². The van der Waals surface area contributed by atoms with Crippen LogP contribution < -0.4 is 25.6 Å². The SMILES string of the molecule is C=Nc1ccc(Nc2nc(Nc3cc(-c4cnn(C)c4)c(N4CCC5(CCN(CC)CC5)CC4)cc3OC)ncc2Br)c(P(C)(C)=O)c1/N=C\C. The summed E-state index contributed by atoms with van der Waals surface area (Å²) in [5.41, 5.74) is 6.07. The third-order valence-corrected chi connectivity index (χ3v) is 12.3. The highest BCUT2D eigenvalue weighted by Gasteiger charge is 2.38. The summed E-state index contributed by atoms with van der Waals surface area (Å²) in [5, 5.41) is 11.9. The zero-order valence-electron chi connectivity index (χ0n) is 30.4. The van der Waals surface area contributed by atoms with Crippen molar-refractivity contribution in [2.45, 2.75) is 39.5 Å². The van der Waals surface area contributed by atoms with E-state index in [-0.39, 0.29) is 0 Å². The van der Waals surface area contributed by atoms with Gasteiger partial charge in [-0.25, -0.2) is 4.98 Å². The highest BCUT2D eigenvalue weighted by Crippen LogP contribution is 2.47. The van der Waals surface area contributed by atoms with E-state index < -0.39 is 7.14 Å². The van der Waals surface area contributed by atoms with Gasteiger partial charge >= 0.3 is 0 Å². The molecule has 14 heteroatoms. The molecule has 2 aromatic carbocycles. The molecule has 2 saturated heterocycles. The standard InChI is InChI=1S/C37H48BrN10O2P/c1-8-40-33-28(39-3)10-11-29(34(33)51(6,7)49)43-35-27(38)23-41-36(45-35)44-30-20-26(25-22-42-46(4)24-25)31(21-32(30)50-5)48-18-14-37(15-19-48)12-16-47(9-2)17-13-37/h8,10-11,20-24H,3,9,12-19H2,1-2,4-7H3,(H2,41,43,44,45)/b40-8-. The number of hydrogen-bond donors (Lipinski definition) is 2. The zero-order valence-corrected chi connectivity index (χ0v) is 32.9. The minimum absolute atomic E-state index is 0.358. The maximum atomic E-state index is 13.6. The Labute approximate surface area is 309 Å². The van der Waals surface area contributed by atoms with Gasteiger partial charge in [0.2, 0.25) is 5.95 Å². The first-order valence-electron chi connectivity index (χ1n) is 17.4. The first-order chi connectivity index (χ1) is 24.5. The topological polar surface area (TPSA) is 125 Å². The lowest BCUT2D eigenvalue weighted by molar-refractivity contribution is 0.0831. The van der Waals surface area contributed by atoms with E-state index in [2.05, 4.69) is 82.2 Å². The lowest BCUT2D eigenvalue weighted by atomic mass is 9.71. The van der Waals surface area contributed by atoms with Gasteiger partial charge in [-0.15, -0.1) is 0 Å². The number of piperidine rings is 2. The first-order valence-corrected chi connectivity index (χ1v) is 20.8. The number of benzene rings is 2. The Morgan fingerprint density at radius 2 is 1.80 bits per heavy atom. The normalized spacial score (nSPS) is 16.5. The van der Waals surface area contributed by atoms with Crippen molar-refractivity contribution < 1.29 is 9.30 Å². The zero-order chi connectivity index (χ0) is 36.3. The fourth-order valence-electron chi connectivity index (χ4n) is 7.32. The maximum Gasteiger partial charge on any atom is 0.229 e. The number of nitrogens with one attached hydrogen (secondary N) is 2. The highest BCUT2D eigenvalue weighted by molar-refractivity contribution is 9.10. The van der Waals surface area contributed by atoms with Crippen LogP contribution >= 0.6 is 23.1 Å². The molecular formula is C37H48BrN10O2P. The fourth-order valence-corrected chi connectivity index (χ4v) is 9.00. The quantitative estimate of drug-likeness (QED) is 0.115. The van der Waals surface area contributed by atoms with Gasteiger partial charge in [0.15, 0.2) is 0 Å². The van der Waals surface area contributed by atoms with Crippen LogP contribution in [0.15, 0.2) is 57.3 Å². The van der Waals surface area contributed by atoms with Gasteiger partial charge in [-0.1, -0.05) is 6.92 Å². The van der Waals surface area contributed by atoms with Gasteiger partial charge in [-0.05, 0) is 112 Å². The Balaban J connectivity index is 1.32. The molecule has 2 aromatic heterocycles. The van der Waals surface area contributed by atoms with Crippen molar-refractivity contribution >= 4 is 81.5 Å². The van der Waals surface area contributed by atoms with Crippen LogP contribution in [0.2, 0.25) is 0 Å². The second-order valence-corrected chi connectivity index (χ2v) is 17.8. The molecule has 2 N–H and O–H groups in total. The molecule has 270 valence electrons. The molecule has 2 aliphatic rings. The van der Waals surface area contributed by atoms with Crippen molar-refractivity contribution in [1.29, 1.82) is 0 Å². The van der Waals surface area contributed by atoms with Gasteiger partial charge in [0.05, 0.1) is 40.1 Å². The number of methoxy groups -OCH3 is 1. The number of hydrogen-bond acceptors (Lipinski definition) is 11. The first kappa shape index (κ1) is 36.7. The van der Waals surface area contributed by atoms with Crippen molar-refractivity contribution in [1.82, 2.24) is 24.6 Å². The summed E-state index contributed by atoms with van der Waals surface area (Å²) in [4.78, 5) is 23.1. The van der Waals surface area contributed by atoms with Gasteiger partial charge in [0.1, 0.15) is 24.4 Å². The third kappa shape index (κ3) is 7.90. The molecule has 0 bridgehead atoms. The second kappa shape index (κ2) is 15.3. The molecule has 2 fully saturated rings. The summed E-state index contributed by atoms with van der Waals surface area (Å²) in [6, 6.07) is 7.85. The van der Waals surface area contributed by atoms with Crippen LogP contribution in [0.3, 0.4) is 0 Å². The number of nitrogens with zero attached hydrogens (tertiary/aromatic N) is 8. The summed E-state index contributed by atoms with van der Waals surface area (Å²) in [7, 11) is 0.794. The molecule has 0 unspecified atom stereocenters. The van der Waals surface area contributed by atoms with E-state index in [0.29, 0.717) is 49.8 Å². The second-order valence-electron chi connectivity index (χ2n) is 13.8. The Hall–Kier alpha value is -4.06. The number of anilines is 5. The molecule has 6 rings (SSSR count). The van der Waals surface area contributed by atoms with E-state index in [0.717, 1.165) is 42.1 Å². The van der Waals surface area contributed by atoms with Gasteiger partial charge in [-0.2, -0.15) is 10.1 Å². The Bertz CT molecular complexity index is 1970. The Morgan fingerprint density at radius 1 is 1.08 bits per heavy atom. The number of aromatic nitrogens is 4. The van der Waals surface area contributed by atoms with E-state index in [1.165, 1.54) is 38.8 Å². The predicted octanol–water partition coefficient (Wildman–Crippen LogP) is 8.14. The molecular weight excluding hydrogens is 727 g/mol. The minimum Gasteiger partial charge on any atom is -0.494 e. The number of halogens is 1. The van der Waals surface area contributed by atoms with Gasteiger partial charge in [0, 0.05) is 61.6 Å². The van der Waals surface area contributed by atoms with Crippen LogP contribution in [0.25, 0.3) is 11.1 Å². The number of likely N-dealkylation sites (tertiary alicyclic amines) is 1. The molecule has 1 spiro atoms. The highest BCUT2D eigenvalue weighted by atomic mass is 79.9. The lowest BCUT2D eigenvalue weighted by Crippen LogP contribution is -2.46. The van der Waals surface area contributed by atoms with Gasteiger partial charge in [0.25, 0.3) is 0 Å². The molecule has 2 aliphatic heterocycles. The van der Waals surface area contributed by atoms with Crippen LogP contribution in [-0.4, -0.2) is 90.7 Å². The fraction of sp³-hybridized carbons (Fsp3) is 0.432. The Kier molecular flexibility index (Phi) is 11.0. The summed E-state index contributed by atoms with van der Waals surface area (Å²) in [6.07, 6.45) is 12.2. The maximum absolute atomic E-state index is 13.6. The number of aryl methyl sites for hydroxylation is 1. The van der Waals surface area contributed by atoms with Crippen molar-refractivity contribution in [2.75, 3.05) is 68.7 Å². The number of rotatable bonds is 11. The number of aliphatic imine (C=N–C) groups is 2. The predicted molar refractivity (Wildman–Crippen MR) is 215 cm³/mol. The smallest absolute Gasteiger partial charge is 0.229 e. The summed E-state index contributed by atoms with van der Waals surface area (Å²) in [6.45, 7) is 16.7. The molecule has 4 aromatic rings. The van der Waals surface area contributed by atoms with E-state index >= 15 is 0 Å². The average Bonchev–Trinajstić information content (AvgIpc) is 3.56. The summed E-state index contributed by atoms with van der Waals surface area (Å²) >= 11 is 3.60. The molecule has 51 heavy (non-hydrogen) atoms. The van der Waals surface area contributed by atoms with Crippen molar-refractivity contribution in [3.05, 3.63) is 47.3 Å². The van der Waals surface area contributed by atoms with Crippen molar-refractivity contribution in [3.8, 4) is 16.9 Å². The monoisotopic (exact) mass is 774 g/mol. The van der Waals surface area contributed by atoms with E-state index in [1.54, 1.807) is 38.9 Å². The van der Waals surface area contributed by atoms with Crippen LogP contribution in [-0.2, 0) is 11.6 Å². The van der Waals surface area contributed by atoms with Crippen LogP contribution in [0.4, 0.5) is 40.2 Å². The van der Waals surface area contributed by atoms with E-state index in [4.69, 9.17) is 9.72 Å². The lowest BCUT2D eigenvalue weighted by Gasteiger charge is -2.47. The molecule has 0 aliphatic carbocycles. The summed E-state index contributed by atoms with van der Waals surface area (Å²) < 4.78 is 22.0. The van der Waals surface area contributed by atoms with E-state index in [1.807, 2.05) is 37.1 Å². The van der Waals surface area contributed by atoms with Gasteiger partial charge < -0.3 is 29.7 Å². The van der Waals surface area contributed by atoms with E-state index in [9.17, 15) is 4.57 Å². The molecule has 4 heterocycles. The average molecular weight is 776 g/mol. The Morgan fingerprint density at radius 3 is 2.41 bits per heavy atom. The third-order valence-electron chi connectivity index (χ3n) is 10.2. The minimum atomic E-state index is -2.82. The molecule has 0 atom stereocenters. The molecule has 0 radical (unpaired) electrons. The van der Waals surface area contributed by atoms with Crippen molar-refractivity contribution in [2.24, 2.45) is 22.4 Å². The number of ether oxygens (including phenoxy) is 1. The van der Waals surface area contributed by atoms with Crippen LogP contribution in [0, 0.1) is 5.41 Å². The van der Waals surface area contributed by atoms with Crippen LogP contribution in [0.5, 0.6) is 5.75 Å². The van der Waals surface area contributed by atoms with Crippen molar-refractivity contribution in [3.63, 3.8) is 0 Å². The molecule has 0 saturated carbocycles. The van der Waals surface area contributed by atoms with Gasteiger partial charge in [-0.3, -0.25) is 14.7 Å².